The van der Waals surface area contributed by atoms with Gasteiger partial charge in [-0.15, -0.1) is 0 Å². The van der Waals surface area contributed by atoms with Crippen LogP contribution in [-0.2, 0) is 9.47 Å². The van der Waals surface area contributed by atoms with Crippen LogP contribution in [0.3, 0.4) is 0 Å². The molecular formula is C27H36FN3O5. The van der Waals surface area contributed by atoms with E-state index < -0.39 is 29.0 Å². The van der Waals surface area contributed by atoms with E-state index in [0.717, 1.165) is 18.4 Å². The summed E-state index contributed by atoms with van der Waals surface area (Å²) in [5, 5.41) is 0. The summed E-state index contributed by atoms with van der Waals surface area (Å²) >= 11 is 0. The van der Waals surface area contributed by atoms with Crippen LogP contribution in [0.5, 0.6) is 0 Å². The number of aromatic nitrogens is 1. The SMILES string of the molecule is CCOC(=O)c1cc(C2CC2)c2c(C)c(N3C[C@H](C)[C@@H](N(C)C(=O)OC(C)(C)C)C3)c(F)cn2c1=O. The number of carbonyl (C=O) groups is 2. The van der Waals surface area contributed by atoms with Crippen LogP contribution in [0.4, 0.5) is 14.9 Å². The summed E-state index contributed by atoms with van der Waals surface area (Å²) in [7, 11) is 1.71. The minimum absolute atomic E-state index is 0.0726. The van der Waals surface area contributed by atoms with Crippen LogP contribution < -0.4 is 10.5 Å². The highest BCUT2D eigenvalue weighted by molar-refractivity contribution is 5.90. The molecule has 1 saturated heterocycles. The third kappa shape index (κ3) is 4.80. The Labute approximate surface area is 211 Å². The molecule has 1 saturated carbocycles. The number of anilines is 1. The predicted molar refractivity (Wildman–Crippen MR) is 135 cm³/mol. The van der Waals surface area contributed by atoms with Crippen molar-refractivity contribution in [3.8, 4) is 0 Å². The largest absolute Gasteiger partial charge is 0.462 e. The van der Waals surface area contributed by atoms with Gasteiger partial charge in [-0.25, -0.2) is 14.0 Å². The number of esters is 1. The summed E-state index contributed by atoms with van der Waals surface area (Å²) in [6, 6.07) is 1.47. The Bertz CT molecular complexity index is 1260. The second-order valence-corrected chi connectivity index (χ2v) is 11.0. The van der Waals surface area contributed by atoms with Crippen molar-refractivity contribution >= 4 is 23.3 Å². The average Bonchev–Trinajstić information content (AvgIpc) is 3.55. The highest BCUT2D eigenvalue weighted by atomic mass is 19.1. The predicted octanol–water partition coefficient (Wildman–Crippen LogP) is 4.49. The topological polar surface area (TPSA) is 80.6 Å². The molecular weight excluding hydrogens is 465 g/mol. The molecule has 1 aliphatic carbocycles. The van der Waals surface area contributed by atoms with Crippen LogP contribution in [-0.4, -0.2) is 59.8 Å². The molecule has 36 heavy (non-hydrogen) atoms. The maximum Gasteiger partial charge on any atom is 0.410 e. The fourth-order valence-corrected chi connectivity index (χ4v) is 5.20. The molecule has 1 aliphatic heterocycles. The lowest BCUT2D eigenvalue weighted by Gasteiger charge is -2.30. The summed E-state index contributed by atoms with van der Waals surface area (Å²) in [5.74, 6) is -0.942. The van der Waals surface area contributed by atoms with E-state index >= 15 is 4.39 Å². The number of likely N-dealkylation sites (N-methyl/N-ethyl adjacent to an activating group) is 1. The Kier molecular flexibility index (Phi) is 6.79. The standard InChI is InChI=1S/C27H36FN3O5/c1-8-35-25(33)19-11-18(17-9-10-17)22-16(3)23(20(28)13-31(22)24(19)32)30-12-15(2)21(14-30)29(7)26(34)36-27(4,5)6/h11,13,15,17,21H,8-10,12,14H2,1-7H3/t15-,21-/m0/s1. The lowest BCUT2D eigenvalue weighted by Crippen LogP contribution is -2.44. The summed E-state index contributed by atoms with van der Waals surface area (Å²) in [6.45, 7) is 12.1. The minimum Gasteiger partial charge on any atom is -0.462 e. The van der Waals surface area contributed by atoms with Gasteiger partial charge >= 0.3 is 12.1 Å². The Morgan fingerprint density at radius 3 is 2.47 bits per heavy atom. The van der Waals surface area contributed by atoms with Gasteiger partial charge in [0.05, 0.1) is 30.0 Å². The fraction of sp³-hybridized carbons (Fsp3) is 0.593. The number of pyridine rings is 2. The van der Waals surface area contributed by atoms with Gasteiger partial charge in [0.1, 0.15) is 11.2 Å². The Hall–Kier alpha value is -3.10. The first kappa shape index (κ1) is 26.0. The van der Waals surface area contributed by atoms with Crippen LogP contribution in [0.25, 0.3) is 5.52 Å². The quantitative estimate of drug-likeness (QED) is 0.562. The van der Waals surface area contributed by atoms with Gasteiger partial charge in [0.15, 0.2) is 5.82 Å². The second-order valence-electron chi connectivity index (χ2n) is 11.0. The molecule has 0 aromatic carbocycles. The van der Waals surface area contributed by atoms with Crippen molar-refractivity contribution in [2.24, 2.45) is 5.92 Å². The van der Waals surface area contributed by atoms with Crippen molar-refractivity contribution in [2.75, 3.05) is 31.6 Å². The third-order valence-corrected chi connectivity index (χ3v) is 7.02. The number of hydrogen-bond donors (Lipinski definition) is 0. The first-order valence-corrected chi connectivity index (χ1v) is 12.6. The molecule has 0 N–H and O–H groups in total. The number of aryl methyl sites for hydroxylation is 1. The maximum absolute atomic E-state index is 15.7. The van der Waals surface area contributed by atoms with Crippen LogP contribution in [0.2, 0.25) is 0 Å². The van der Waals surface area contributed by atoms with Gasteiger partial charge in [-0.3, -0.25) is 9.20 Å². The van der Waals surface area contributed by atoms with Crippen LogP contribution in [0.15, 0.2) is 17.1 Å². The van der Waals surface area contributed by atoms with E-state index in [-0.39, 0.29) is 30.0 Å². The van der Waals surface area contributed by atoms with Crippen molar-refractivity contribution in [2.45, 2.75) is 71.9 Å². The van der Waals surface area contributed by atoms with Crippen LogP contribution in [0.1, 0.15) is 74.9 Å². The Morgan fingerprint density at radius 2 is 1.89 bits per heavy atom. The number of rotatable bonds is 5. The molecule has 0 unspecified atom stereocenters. The van der Waals surface area contributed by atoms with Gasteiger partial charge in [-0.05, 0) is 76.5 Å². The molecule has 1 amide bonds. The molecule has 196 valence electrons. The van der Waals surface area contributed by atoms with E-state index in [0.29, 0.717) is 29.9 Å². The zero-order valence-corrected chi connectivity index (χ0v) is 22.2. The van der Waals surface area contributed by atoms with Gasteiger partial charge < -0.3 is 19.3 Å². The molecule has 2 aliphatic rings. The fourth-order valence-electron chi connectivity index (χ4n) is 5.20. The van der Waals surface area contributed by atoms with Gasteiger partial charge in [-0.2, -0.15) is 0 Å². The monoisotopic (exact) mass is 501 g/mol. The highest BCUT2D eigenvalue weighted by Gasteiger charge is 2.38. The number of fused-ring (bicyclic) bond motifs is 1. The molecule has 2 fully saturated rings. The Balaban J connectivity index is 1.75. The number of nitrogens with zero attached hydrogens (tertiary/aromatic N) is 3. The van der Waals surface area contributed by atoms with E-state index in [1.807, 2.05) is 39.5 Å². The summed E-state index contributed by atoms with van der Waals surface area (Å²) in [4.78, 5) is 41.8. The number of carbonyl (C=O) groups excluding carboxylic acids is 2. The van der Waals surface area contributed by atoms with Gasteiger partial charge in [0, 0.05) is 20.1 Å². The average molecular weight is 502 g/mol. The molecule has 4 rings (SSSR count). The first-order valence-electron chi connectivity index (χ1n) is 12.6. The number of hydrogen-bond acceptors (Lipinski definition) is 6. The molecule has 9 heteroatoms. The van der Waals surface area contributed by atoms with Gasteiger partial charge in [-0.1, -0.05) is 6.92 Å². The van der Waals surface area contributed by atoms with E-state index in [2.05, 4.69) is 0 Å². The van der Waals surface area contributed by atoms with Crippen molar-refractivity contribution in [3.05, 3.63) is 45.1 Å². The van der Waals surface area contributed by atoms with E-state index in [1.165, 1.54) is 10.6 Å². The minimum atomic E-state index is -0.692. The molecule has 8 nitrogen and oxygen atoms in total. The van der Waals surface area contributed by atoms with Crippen LogP contribution >= 0.6 is 0 Å². The normalized spacial score (nSPS) is 20.1. The van der Waals surface area contributed by atoms with Crippen molar-refractivity contribution in [1.29, 1.82) is 0 Å². The smallest absolute Gasteiger partial charge is 0.410 e. The summed E-state index contributed by atoms with van der Waals surface area (Å²) in [5.41, 5.74) is 1.32. The summed E-state index contributed by atoms with van der Waals surface area (Å²) < 4.78 is 27.5. The van der Waals surface area contributed by atoms with Gasteiger partial charge in [0.2, 0.25) is 0 Å². The first-order chi connectivity index (χ1) is 16.8. The molecule has 3 heterocycles. The molecule has 0 bridgehead atoms. The maximum atomic E-state index is 15.7. The van der Waals surface area contributed by atoms with Crippen LogP contribution in [0, 0.1) is 18.7 Å². The molecule has 2 atom stereocenters. The lowest BCUT2D eigenvalue weighted by atomic mass is 10.0. The van der Waals surface area contributed by atoms with Gasteiger partial charge in [0.25, 0.3) is 5.56 Å². The molecule has 0 radical (unpaired) electrons. The Morgan fingerprint density at radius 1 is 1.22 bits per heavy atom. The zero-order chi connectivity index (χ0) is 26.5. The highest BCUT2D eigenvalue weighted by Crippen LogP contribution is 2.44. The van der Waals surface area contributed by atoms with Crippen molar-refractivity contribution in [3.63, 3.8) is 0 Å². The van der Waals surface area contributed by atoms with E-state index in [1.54, 1.807) is 24.9 Å². The number of ether oxygens (including phenoxy) is 2. The van der Waals surface area contributed by atoms with E-state index in [4.69, 9.17) is 9.47 Å². The second kappa shape index (κ2) is 9.41. The molecule has 2 aromatic rings. The summed E-state index contributed by atoms with van der Waals surface area (Å²) in [6.07, 6.45) is 2.67. The zero-order valence-electron chi connectivity index (χ0n) is 22.2. The van der Waals surface area contributed by atoms with E-state index in [9.17, 15) is 14.4 Å². The van der Waals surface area contributed by atoms with Crippen molar-refractivity contribution in [1.82, 2.24) is 9.30 Å². The molecule has 2 aromatic heterocycles. The lowest BCUT2D eigenvalue weighted by molar-refractivity contribution is 0.0208. The third-order valence-electron chi connectivity index (χ3n) is 7.02. The van der Waals surface area contributed by atoms with Crippen molar-refractivity contribution < 1.29 is 23.5 Å². The molecule has 0 spiro atoms. The number of halogens is 1. The number of amides is 1.